The monoisotopic (exact) mass is 258 g/mol. The Balaban J connectivity index is 2.08. The van der Waals surface area contributed by atoms with Gasteiger partial charge in [0, 0.05) is 19.3 Å². The van der Waals surface area contributed by atoms with E-state index in [0.29, 0.717) is 11.3 Å². The number of likely N-dealkylation sites (tertiary alicyclic amines) is 1. The quantitative estimate of drug-likeness (QED) is 0.797. The summed E-state index contributed by atoms with van der Waals surface area (Å²) in [6.07, 6.45) is 3.47. The number of rotatable bonds is 2. The largest absolute Gasteiger partial charge is 0.337 e. The second-order valence-corrected chi connectivity index (χ2v) is 4.99. The summed E-state index contributed by atoms with van der Waals surface area (Å²) in [5.41, 5.74) is 0.815. The Morgan fingerprint density at radius 1 is 1.53 bits per heavy atom. The molecule has 1 aliphatic heterocycles. The fraction of sp³-hybridized carbons (Fsp3) is 0.500. The number of hydrogen-bond acceptors (Lipinski definition) is 4. The number of aromatic nitrogens is 1. The fourth-order valence-corrected chi connectivity index (χ4v) is 2.35. The van der Waals surface area contributed by atoms with Crippen LogP contribution in [-0.2, 0) is 0 Å². The zero-order chi connectivity index (χ0) is 13.8. The normalized spacial score (nSPS) is 16.9. The minimum atomic E-state index is -0.105. The Morgan fingerprint density at radius 3 is 2.84 bits per heavy atom. The van der Waals surface area contributed by atoms with E-state index in [2.05, 4.69) is 16.9 Å². The lowest BCUT2D eigenvalue weighted by atomic mass is 10.0. The second-order valence-electron chi connectivity index (χ2n) is 4.99. The first-order valence-electron chi connectivity index (χ1n) is 6.43. The molecule has 1 aromatic heterocycles. The van der Waals surface area contributed by atoms with Gasteiger partial charge in [-0.05, 0) is 45.1 Å². The molecule has 5 heteroatoms. The molecule has 0 bridgehead atoms. The van der Waals surface area contributed by atoms with Crippen LogP contribution >= 0.6 is 0 Å². The Labute approximate surface area is 113 Å². The van der Waals surface area contributed by atoms with E-state index in [4.69, 9.17) is 5.26 Å². The molecule has 19 heavy (non-hydrogen) atoms. The van der Waals surface area contributed by atoms with Crippen molar-refractivity contribution in [1.29, 1.82) is 5.26 Å². The van der Waals surface area contributed by atoms with Gasteiger partial charge in [-0.15, -0.1) is 0 Å². The van der Waals surface area contributed by atoms with Crippen LogP contribution in [0, 0.1) is 11.3 Å². The fourth-order valence-electron chi connectivity index (χ4n) is 2.35. The number of piperidine rings is 1. The van der Waals surface area contributed by atoms with Crippen LogP contribution in [0.25, 0.3) is 0 Å². The first kappa shape index (κ1) is 13.5. The van der Waals surface area contributed by atoms with E-state index in [1.54, 1.807) is 17.0 Å². The smallest absolute Gasteiger partial charge is 0.272 e. The molecule has 1 saturated heterocycles. The van der Waals surface area contributed by atoms with E-state index >= 15 is 0 Å². The van der Waals surface area contributed by atoms with E-state index in [9.17, 15) is 4.79 Å². The van der Waals surface area contributed by atoms with Gasteiger partial charge >= 0.3 is 0 Å². The van der Waals surface area contributed by atoms with Crippen LogP contribution in [0.3, 0.4) is 0 Å². The van der Waals surface area contributed by atoms with Crippen molar-refractivity contribution >= 4 is 5.91 Å². The molecule has 0 N–H and O–H groups in total. The third-order valence-electron chi connectivity index (χ3n) is 3.66. The van der Waals surface area contributed by atoms with Crippen LogP contribution in [-0.4, -0.2) is 53.9 Å². The molecule has 1 amide bonds. The highest BCUT2D eigenvalue weighted by molar-refractivity contribution is 5.92. The SMILES string of the molecule is CN1CCC(N(C)C(=O)c2cc(C#N)ccn2)CC1. The summed E-state index contributed by atoms with van der Waals surface area (Å²) in [6.45, 7) is 2.02. The van der Waals surface area contributed by atoms with Gasteiger partial charge in [0.25, 0.3) is 5.91 Å². The molecule has 100 valence electrons. The Morgan fingerprint density at radius 2 is 2.21 bits per heavy atom. The van der Waals surface area contributed by atoms with Gasteiger partial charge in [0.2, 0.25) is 0 Å². The summed E-state index contributed by atoms with van der Waals surface area (Å²) in [5.74, 6) is -0.105. The molecule has 1 fully saturated rings. The lowest BCUT2D eigenvalue weighted by molar-refractivity contribution is 0.0653. The van der Waals surface area contributed by atoms with Gasteiger partial charge in [-0.2, -0.15) is 5.26 Å². The average Bonchev–Trinajstić information content (AvgIpc) is 2.46. The summed E-state index contributed by atoms with van der Waals surface area (Å²) < 4.78 is 0. The van der Waals surface area contributed by atoms with Gasteiger partial charge in [0.1, 0.15) is 5.69 Å². The maximum absolute atomic E-state index is 12.3. The molecule has 0 atom stereocenters. The van der Waals surface area contributed by atoms with Crippen molar-refractivity contribution in [3.8, 4) is 6.07 Å². The van der Waals surface area contributed by atoms with Gasteiger partial charge in [-0.3, -0.25) is 9.78 Å². The average molecular weight is 258 g/mol. The number of pyridine rings is 1. The molecular formula is C14H18N4O. The Hall–Kier alpha value is -1.93. The van der Waals surface area contributed by atoms with Crippen molar-refractivity contribution in [3.63, 3.8) is 0 Å². The zero-order valence-electron chi connectivity index (χ0n) is 11.3. The van der Waals surface area contributed by atoms with E-state index in [1.807, 2.05) is 13.1 Å². The van der Waals surface area contributed by atoms with Gasteiger partial charge < -0.3 is 9.80 Å². The molecule has 0 saturated carbocycles. The molecule has 5 nitrogen and oxygen atoms in total. The minimum absolute atomic E-state index is 0.105. The van der Waals surface area contributed by atoms with E-state index in [0.717, 1.165) is 25.9 Å². The summed E-state index contributed by atoms with van der Waals surface area (Å²) in [5, 5.41) is 8.85. The van der Waals surface area contributed by atoms with E-state index < -0.39 is 0 Å². The molecule has 0 spiro atoms. The minimum Gasteiger partial charge on any atom is -0.337 e. The third kappa shape index (κ3) is 3.09. The number of amides is 1. The Bertz CT molecular complexity index is 500. The van der Waals surface area contributed by atoms with Crippen LogP contribution in [0.2, 0.25) is 0 Å². The lowest BCUT2D eigenvalue weighted by Crippen LogP contribution is -2.44. The number of carbonyl (C=O) groups excluding carboxylic acids is 1. The van der Waals surface area contributed by atoms with Crippen LogP contribution in [0.4, 0.5) is 0 Å². The second kappa shape index (κ2) is 5.81. The first-order valence-corrected chi connectivity index (χ1v) is 6.43. The number of nitriles is 1. The van der Waals surface area contributed by atoms with Gasteiger partial charge in [0.15, 0.2) is 0 Å². The van der Waals surface area contributed by atoms with Crippen molar-refractivity contribution in [2.75, 3.05) is 27.2 Å². The highest BCUT2D eigenvalue weighted by atomic mass is 16.2. The molecule has 2 rings (SSSR count). The molecule has 1 aromatic rings. The maximum Gasteiger partial charge on any atom is 0.272 e. The van der Waals surface area contributed by atoms with Crippen LogP contribution in [0.15, 0.2) is 18.3 Å². The van der Waals surface area contributed by atoms with Crippen molar-refractivity contribution in [2.45, 2.75) is 18.9 Å². The third-order valence-corrected chi connectivity index (χ3v) is 3.66. The van der Waals surface area contributed by atoms with Crippen molar-refractivity contribution in [2.24, 2.45) is 0 Å². The standard InChI is InChI=1S/C14H18N4O/c1-17-7-4-12(5-8-17)18(2)14(19)13-9-11(10-15)3-6-16-13/h3,6,9,12H,4-5,7-8H2,1-2H3. The summed E-state index contributed by atoms with van der Waals surface area (Å²) in [6, 6.07) is 5.44. The molecule has 0 aliphatic carbocycles. The molecule has 0 aromatic carbocycles. The van der Waals surface area contributed by atoms with Crippen molar-refractivity contribution in [3.05, 3.63) is 29.6 Å². The van der Waals surface area contributed by atoms with Crippen molar-refractivity contribution < 1.29 is 4.79 Å². The van der Waals surface area contributed by atoms with E-state index in [1.165, 1.54) is 6.20 Å². The lowest BCUT2D eigenvalue weighted by Gasteiger charge is -2.34. The summed E-state index contributed by atoms with van der Waals surface area (Å²) >= 11 is 0. The molecule has 0 unspecified atom stereocenters. The first-order chi connectivity index (χ1) is 9.11. The highest BCUT2D eigenvalue weighted by Crippen LogP contribution is 2.16. The Kier molecular flexibility index (Phi) is 4.13. The number of hydrogen-bond donors (Lipinski definition) is 0. The van der Waals surface area contributed by atoms with Gasteiger partial charge in [0.05, 0.1) is 11.6 Å². The van der Waals surface area contributed by atoms with Crippen LogP contribution in [0.1, 0.15) is 28.9 Å². The van der Waals surface area contributed by atoms with Crippen LogP contribution < -0.4 is 0 Å². The topological polar surface area (TPSA) is 60.2 Å². The molecule has 0 radical (unpaired) electrons. The van der Waals surface area contributed by atoms with E-state index in [-0.39, 0.29) is 11.9 Å². The maximum atomic E-state index is 12.3. The number of carbonyl (C=O) groups is 1. The highest BCUT2D eigenvalue weighted by Gasteiger charge is 2.25. The van der Waals surface area contributed by atoms with Gasteiger partial charge in [-0.1, -0.05) is 0 Å². The predicted molar refractivity (Wildman–Crippen MR) is 71.6 cm³/mol. The summed E-state index contributed by atoms with van der Waals surface area (Å²) in [7, 11) is 3.91. The number of nitrogens with zero attached hydrogens (tertiary/aromatic N) is 4. The predicted octanol–water partition coefficient (Wildman–Crippen LogP) is 1.12. The molecular weight excluding hydrogens is 240 g/mol. The van der Waals surface area contributed by atoms with Crippen LogP contribution in [0.5, 0.6) is 0 Å². The molecule has 2 heterocycles. The summed E-state index contributed by atoms with van der Waals surface area (Å²) in [4.78, 5) is 20.4. The van der Waals surface area contributed by atoms with Gasteiger partial charge in [-0.25, -0.2) is 0 Å². The van der Waals surface area contributed by atoms with Crippen molar-refractivity contribution in [1.82, 2.24) is 14.8 Å². The zero-order valence-corrected chi connectivity index (χ0v) is 11.3. The molecule has 1 aliphatic rings.